The van der Waals surface area contributed by atoms with Gasteiger partial charge in [0.05, 0.1) is 26.9 Å². The average Bonchev–Trinajstić information content (AvgIpc) is 2.68. The molecule has 0 amide bonds. The first-order valence-electron chi connectivity index (χ1n) is 9.99. The zero-order chi connectivity index (χ0) is 19.6. The molecular weight excluding hydrogens is 467 g/mol. The van der Waals surface area contributed by atoms with Crippen molar-refractivity contribution >= 4 is 29.9 Å². The van der Waals surface area contributed by atoms with E-state index in [1.807, 2.05) is 12.1 Å². The molecular formula is C21H37IN4O2. The lowest BCUT2D eigenvalue weighted by atomic mass is 10.0. The van der Waals surface area contributed by atoms with Gasteiger partial charge in [-0.05, 0) is 30.5 Å². The van der Waals surface area contributed by atoms with Gasteiger partial charge in [-0.1, -0.05) is 26.0 Å². The maximum atomic E-state index is 5.51. The molecule has 1 N–H and O–H groups in total. The number of rotatable bonds is 8. The van der Waals surface area contributed by atoms with Gasteiger partial charge >= 0.3 is 0 Å². The van der Waals surface area contributed by atoms with E-state index in [0.29, 0.717) is 12.0 Å². The Balaban J connectivity index is 0.00000392. The minimum absolute atomic E-state index is 0. The van der Waals surface area contributed by atoms with E-state index in [-0.39, 0.29) is 24.0 Å². The Morgan fingerprint density at radius 2 is 1.89 bits per heavy atom. The summed E-state index contributed by atoms with van der Waals surface area (Å²) in [6, 6.07) is 8.64. The third-order valence-corrected chi connectivity index (χ3v) is 4.99. The monoisotopic (exact) mass is 504 g/mol. The number of hydrogen-bond acceptors (Lipinski definition) is 4. The van der Waals surface area contributed by atoms with Crippen molar-refractivity contribution in [1.82, 2.24) is 15.1 Å². The summed E-state index contributed by atoms with van der Waals surface area (Å²) in [4.78, 5) is 9.67. The highest BCUT2D eigenvalue weighted by Gasteiger charge is 2.23. The van der Waals surface area contributed by atoms with Gasteiger partial charge in [0.2, 0.25) is 0 Å². The number of nitrogens with zero attached hydrogens (tertiary/aromatic N) is 3. The summed E-state index contributed by atoms with van der Waals surface area (Å²) in [5.74, 6) is 2.39. The molecule has 1 aliphatic heterocycles. The van der Waals surface area contributed by atoms with E-state index < -0.39 is 0 Å². The Bertz CT molecular complexity index is 574. The molecule has 1 saturated heterocycles. The highest BCUT2D eigenvalue weighted by Crippen LogP contribution is 2.15. The lowest BCUT2D eigenvalue weighted by Gasteiger charge is -2.36. The Morgan fingerprint density at radius 3 is 2.43 bits per heavy atom. The Morgan fingerprint density at radius 1 is 1.25 bits per heavy atom. The second kappa shape index (κ2) is 13.2. The van der Waals surface area contributed by atoms with Crippen LogP contribution >= 0.6 is 24.0 Å². The lowest BCUT2D eigenvalue weighted by molar-refractivity contribution is 0.00863. The molecule has 28 heavy (non-hydrogen) atoms. The number of methoxy groups -OCH3 is 1. The SMILES string of the molecule is CCNC(=NCC(C(C)C)N1CCOCC1)N(C)Cc1ccc(OC)cc1.I. The second-order valence-electron chi connectivity index (χ2n) is 7.36. The molecule has 2 rings (SSSR count). The molecule has 0 spiro atoms. The molecule has 0 aliphatic carbocycles. The Labute approximate surface area is 187 Å². The van der Waals surface area contributed by atoms with Gasteiger partial charge in [0.15, 0.2) is 5.96 Å². The number of morpholine rings is 1. The van der Waals surface area contributed by atoms with Crippen LogP contribution in [0.5, 0.6) is 5.75 Å². The van der Waals surface area contributed by atoms with E-state index in [4.69, 9.17) is 14.5 Å². The zero-order valence-corrected chi connectivity index (χ0v) is 20.3. The van der Waals surface area contributed by atoms with Gasteiger partial charge in [-0.25, -0.2) is 0 Å². The quantitative estimate of drug-likeness (QED) is 0.335. The van der Waals surface area contributed by atoms with Gasteiger partial charge in [0, 0.05) is 39.3 Å². The van der Waals surface area contributed by atoms with E-state index in [1.165, 1.54) is 5.56 Å². The second-order valence-corrected chi connectivity index (χ2v) is 7.36. The molecule has 0 aromatic heterocycles. The molecule has 7 heteroatoms. The normalized spacial score (nSPS) is 16.4. The predicted molar refractivity (Wildman–Crippen MR) is 127 cm³/mol. The number of hydrogen-bond donors (Lipinski definition) is 1. The van der Waals surface area contributed by atoms with Crippen LogP contribution in [0.25, 0.3) is 0 Å². The third kappa shape index (κ3) is 7.75. The van der Waals surface area contributed by atoms with Crippen LogP contribution in [0.15, 0.2) is 29.3 Å². The van der Waals surface area contributed by atoms with E-state index in [0.717, 1.165) is 57.6 Å². The van der Waals surface area contributed by atoms with Crippen LogP contribution in [0, 0.1) is 5.92 Å². The molecule has 0 radical (unpaired) electrons. The van der Waals surface area contributed by atoms with Crippen molar-refractivity contribution in [2.75, 3.05) is 53.6 Å². The highest BCUT2D eigenvalue weighted by atomic mass is 127. The van der Waals surface area contributed by atoms with Gasteiger partial charge in [-0.15, -0.1) is 24.0 Å². The minimum atomic E-state index is 0. The van der Waals surface area contributed by atoms with Gasteiger partial charge in [0.1, 0.15) is 5.75 Å². The van der Waals surface area contributed by atoms with Crippen LogP contribution < -0.4 is 10.1 Å². The largest absolute Gasteiger partial charge is 0.497 e. The summed E-state index contributed by atoms with van der Waals surface area (Å²) >= 11 is 0. The molecule has 1 aromatic rings. The summed E-state index contributed by atoms with van der Waals surface area (Å²) in [7, 11) is 3.78. The molecule has 160 valence electrons. The summed E-state index contributed by atoms with van der Waals surface area (Å²) in [5, 5.41) is 3.43. The molecule has 1 aliphatic rings. The Kier molecular flexibility index (Phi) is 11.8. The number of halogens is 1. The van der Waals surface area contributed by atoms with E-state index in [1.54, 1.807) is 7.11 Å². The van der Waals surface area contributed by atoms with Crippen LogP contribution in [-0.2, 0) is 11.3 Å². The smallest absolute Gasteiger partial charge is 0.194 e. The third-order valence-electron chi connectivity index (χ3n) is 4.99. The molecule has 0 bridgehead atoms. The van der Waals surface area contributed by atoms with Crippen LogP contribution in [0.4, 0.5) is 0 Å². The predicted octanol–water partition coefficient (Wildman–Crippen LogP) is 3.07. The zero-order valence-electron chi connectivity index (χ0n) is 18.0. The van der Waals surface area contributed by atoms with Crippen molar-refractivity contribution in [2.24, 2.45) is 10.9 Å². The minimum Gasteiger partial charge on any atom is -0.497 e. The van der Waals surface area contributed by atoms with Crippen molar-refractivity contribution in [3.05, 3.63) is 29.8 Å². The highest BCUT2D eigenvalue weighted by molar-refractivity contribution is 14.0. The van der Waals surface area contributed by atoms with E-state index in [9.17, 15) is 0 Å². The fourth-order valence-corrected chi connectivity index (χ4v) is 3.39. The van der Waals surface area contributed by atoms with Gasteiger partial charge in [-0.3, -0.25) is 9.89 Å². The summed E-state index contributed by atoms with van der Waals surface area (Å²) in [6.07, 6.45) is 0. The van der Waals surface area contributed by atoms with Gasteiger partial charge < -0.3 is 19.7 Å². The summed E-state index contributed by atoms with van der Waals surface area (Å²) < 4.78 is 10.7. The topological polar surface area (TPSA) is 49.3 Å². The standard InChI is InChI=1S/C21H36N4O2.HI/c1-6-22-21(24(4)16-18-7-9-19(26-5)10-8-18)23-15-20(17(2)3)25-11-13-27-14-12-25;/h7-10,17,20H,6,11-16H2,1-5H3,(H,22,23);1H. The fraction of sp³-hybridized carbons (Fsp3) is 0.667. The average molecular weight is 504 g/mol. The van der Waals surface area contributed by atoms with Crippen molar-refractivity contribution < 1.29 is 9.47 Å². The molecule has 1 atom stereocenters. The summed E-state index contributed by atoms with van der Waals surface area (Å²) in [5.41, 5.74) is 1.23. The van der Waals surface area contributed by atoms with Gasteiger partial charge in [-0.2, -0.15) is 0 Å². The van der Waals surface area contributed by atoms with Crippen LogP contribution in [-0.4, -0.2) is 75.4 Å². The molecule has 0 saturated carbocycles. The summed E-state index contributed by atoms with van der Waals surface area (Å²) in [6.45, 7) is 12.8. The maximum absolute atomic E-state index is 5.51. The number of nitrogens with one attached hydrogen (secondary N) is 1. The molecule has 1 heterocycles. The van der Waals surface area contributed by atoms with Gasteiger partial charge in [0.25, 0.3) is 0 Å². The van der Waals surface area contributed by atoms with Crippen LogP contribution in [0.3, 0.4) is 0 Å². The number of guanidine groups is 1. The number of benzene rings is 1. The molecule has 1 fully saturated rings. The van der Waals surface area contributed by atoms with Crippen LogP contribution in [0.2, 0.25) is 0 Å². The van der Waals surface area contributed by atoms with Crippen molar-refractivity contribution in [1.29, 1.82) is 0 Å². The first-order chi connectivity index (χ1) is 13.0. The van der Waals surface area contributed by atoms with Crippen LogP contribution in [0.1, 0.15) is 26.3 Å². The number of ether oxygens (including phenoxy) is 2. The lowest BCUT2D eigenvalue weighted by Crippen LogP contribution is -2.48. The van der Waals surface area contributed by atoms with Crippen molar-refractivity contribution in [3.8, 4) is 5.75 Å². The first kappa shape index (κ1) is 25.0. The maximum Gasteiger partial charge on any atom is 0.194 e. The molecule has 1 aromatic carbocycles. The Hall–Kier alpha value is -1.06. The molecule has 6 nitrogen and oxygen atoms in total. The molecule has 1 unspecified atom stereocenters. The van der Waals surface area contributed by atoms with E-state index in [2.05, 4.69) is 55.1 Å². The van der Waals surface area contributed by atoms with E-state index >= 15 is 0 Å². The van der Waals surface area contributed by atoms with Crippen molar-refractivity contribution in [2.45, 2.75) is 33.4 Å². The number of aliphatic imine (C=N–C) groups is 1. The fourth-order valence-electron chi connectivity index (χ4n) is 3.39. The van der Waals surface area contributed by atoms with Crippen molar-refractivity contribution in [3.63, 3.8) is 0 Å². The first-order valence-corrected chi connectivity index (χ1v) is 9.99.